The molecule has 2 rings (SSSR count). The molecule has 1 heterocycles. The highest BCUT2D eigenvalue weighted by atomic mass is 32.1. The van der Waals surface area contributed by atoms with Gasteiger partial charge in [0.2, 0.25) is 0 Å². The summed E-state index contributed by atoms with van der Waals surface area (Å²) in [6.45, 7) is 3.34. The molecule has 0 radical (unpaired) electrons. The minimum absolute atomic E-state index is 0.0400. The molecule has 1 aromatic carbocycles. The number of nitrogens with one attached hydrogen (secondary N) is 1. The topological polar surface area (TPSA) is 111 Å². The van der Waals surface area contributed by atoms with E-state index in [2.05, 4.69) is 10.3 Å². The van der Waals surface area contributed by atoms with E-state index in [9.17, 15) is 19.7 Å². The number of thiazole rings is 1. The molecular formula is C17H17N3O5S. The van der Waals surface area contributed by atoms with Gasteiger partial charge >= 0.3 is 5.97 Å². The first kappa shape index (κ1) is 19.3. The molecule has 1 atom stereocenters. The number of nitro groups is 1. The molecule has 8 nitrogen and oxygen atoms in total. The van der Waals surface area contributed by atoms with Crippen LogP contribution in [0.3, 0.4) is 0 Å². The lowest BCUT2D eigenvalue weighted by molar-refractivity contribution is -0.384. The molecule has 0 saturated carbocycles. The molecule has 1 amide bonds. The van der Waals surface area contributed by atoms with Gasteiger partial charge in [-0.25, -0.2) is 9.78 Å². The summed E-state index contributed by atoms with van der Waals surface area (Å²) in [7, 11) is 0. The molecule has 1 N–H and O–H groups in total. The molecule has 26 heavy (non-hydrogen) atoms. The van der Waals surface area contributed by atoms with Crippen molar-refractivity contribution in [1.29, 1.82) is 0 Å². The van der Waals surface area contributed by atoms with E-state index in [1.807, 2.05) is 6.92 Å². The Morgan fingerprint density at radius 2 is 2.23 bits per heavy atom. The summed E-state index contributed by atoms with van der Waals surface area (Å²) < 4.78 is 4.98. The molecule has 0 aliphatic heterocycles. The number of non-ortho nitro benzene ring substituents is 1. The summed E-state index contributed by atoms with van der Waals surface area (Å²) >= 11 is 1.17. The number of allylic oxidation sites excluding steroid dienone is 1. The van der Waals surface area contributed by atoms with E-state index in [0.29, 0.717) is 22.8 Å². The second-order valence-electron chi connectivity index (χ2n) is 5.22. The zero-order chi connectivity index (χ0) is 19.1. The van der Waals surface area contributed by atoms with Gasteiger partial charge in [0.1, 0.15) is 0 Å². The number of esters is 1. The number of hydrogen-bond acceptors (Lipinski definition) is 7. The molecule has 0 aliphatic rings. The Morgan fingerprint density at radius 3 is 2.92 bits per heavy atom. The van der Waals surface area contributed by atoms with E-state index >= 15 is 0 Å². The van der Waals surface area contributed by atoms with Crippen molar-refractivity contribution < 1.29 is 19.2 Å². The number of amides is 1. The minimum atomic E-state index is -0.978. The standard InChI is InChI=1S/C17H17N3O5S/c1-3-4-8-15(21)25-11(2)16(22)19-17-18-14(10-26-17)12-6-5-7-13(9-12)20(23)24/h4-11H,3H2,1-2H3,(H,18,19,22)/b8-4+. The van der Waals surface area contributed by atoms with E-state index in [-0.39, 0.29) is 5.69 Å². The van der Waals surface area contributed by atoms with E-state index in [0.717, 1.165) is 0 Å². The third-order valence-corrected chi connectivity index (χ3v) is 4.00. The second kappa shape index (κ2) is 8.86. The molecule has 0 fully saturated rings. The summed E-state index contributed by atoms with van der Waals surface area (Å²) in [4.78, 5) is 38.2. The van der Waals surface area contributed by atoms with Gasteiger partial charge in [0.25, 0.3) is 11.6 Å². The number of nitro benzene ring substituents is 1. The molecule has 0 spiro atoms. The van der Waals surface area contributed by atoms with Crippen LogP contribution < -0.4 is 5.32 Å². The first-order chi connectivity index (χ1) is 12.4. The number of anilines is 1. The lowest BCUT2D eigenvalue weighted by atomic mass is 10.1. The zero-order valence-corrected chi connectivity index (χ0v) is 15.0. The molecule has 1 unspecified atom stereocenters. The maximum absolute atomic E-state index is 12.1. The van der Waals surface area contributed by atoms with E-state index in [1.54, 1.807) is 23.6 Å². The first-order valence-electron chi connectivity index (χ1n) is 7.79. The number of carbonyl (C=O) groups excluding carboxylic acids is 2. The van der Waals surface area contributed by atoms with Gasteiger partial charge in [0, 0.05) is 29.2 Å². The van der Waals surface area contributed by atoms with Crippen molar-refractivity contribution in [2.45, 2.75) is 26.4 Å². The van der Waals surface area contributed by atoms with Crippen LogP contribution >= 0.6 is 11.3 Å². The Balaban J connectivity index is 2.02. The molecular weight excluding hydrogens is 358 g/mol. The highest BCUT2D eigenvalue weighted by molar-refractivity contribution is 7.14. The van der Waals surface area contributed by atoms with E-state index in [4.69, 9.17) is 4.74 Å². The van der Waals surface area contributed by atoms with Gasteiger partial charge in [0.15, 0.2) is 11.2 Å². The molecule has 0 saturated heterocycles. The third-order valence-electron chi connectivity index (χ3n) is 3.24. The molecule has 9 heteroatoms. The van der Waals surface area contributed by atoms with Gasteiger partial charge in [0.05, 0.1) is 10.6 Å². The lowest BCUT2D eigenvalue weighted by Gasteiger charge is -2.10. The Labute approximate surface area is 153 Å². The van der Waals surface area contributed by atoms with Gasteiger partial charge in [-0.3, -0.25) is 20.2 Å². The number of nitrogens with zero attached hydrogens (tertiary/aromatic N) is 2. The van der Waals surface area contributed by atoms with E-state index < -0.39 is 22.9 Å². The van der Waals surface area contributed by atoms with Crippen molar-refractivity contribution in [3.8, 4) is 11.3 Å². The predicted molar refractivity (Wildman–Crippen MR) is 97.8 cm³/mol. The maximum atomic E-state index is 12.1. The number of aromatic nitrogens is 1. The van der Waals surface area contributed by atoms with Gasteiger partial charge in [-0.05, 0) is 13.3 Å². The van der Waals surface area contributed by atoms with Crippen LogP contribution in [0.2, 0.25) is 0 Å². The van der Waals surface area contributed by atoms with Gasteiger partial charge in [-0.2, -0.15) is 0 Å². The lowest BCUT2D eigenvalue weighted by Crippen LogP contribution is -2.29. The highest BCUT2D eigenvalue weighted by Gasteiger charge is 2.18. The summed E-state index contributed by atoms with van der Waals surface area (Å²) in [5.74, 6) is -1.10. The molecule has 0 aliphatic carbocycles. The normalized spacial score (nSPS) is 11.9. The average molecular weight is 375 g/mol. The molecule has 1 aromatic heterocycles. The van der Waals surface area contributed by atoms with Crippen LogP contribution in [-0.2, 0) is 14.3 Å². The Bertz CT molecular complexity index is 846. The van der Waals surface area contributed by atoms with Crippen molar-refractivity contribution in [1.82, 2.24) is 4.98 Å². The second-order valence-corrected chi connectivity index (χ2v) is 6.08. The van der Waals surface area contributed by atoms with Crippen LogP contribution in [0.1, 0.15) is 20.3 Å². The molecule has 2 aromatic rings. The largest absolute Gasteiger partial charge is 0.449 e. The summed E-state index contributed by atoms with van der Waals surface area (Å²) in [5.41, 5.74) is 1.03. The van der Waals surface area contributed by atoms with Crippen molar-refractivity contribution in [3.05, 3.63) is 51.9 Å². The summed E-state index contributed by atoms with van der Waals surface area (Å²) in [6.07, 6.45) is 2.62. The fraction of sp³-hybridized carbons (Fsp3) is 0.235. The maximum Gasteiger partial charge on any atom is 0.331 e. The van der Waals surface area contributed by atoms with Crippen LogP contribution in [0.25, 0.3) is 11.3 Å². The van der Waals surface area contributed by atoms with E-state index in [1.165, 1.54) is 36.5 Å². The molecule has 0 bridgehead atoms. The van der Waals surface area contributed by atoms with Crippen molar-refractivity contribution >= 4 is 34.0 Å². The fourth-order valence-electron chi connectivity index (χ4n) is 1.93. The van der Waals surface area contributed by atoms with Crippen LogP contribution in [0, 0.1) is 10.1 Å². The van der Waals surface area contributed by atoms with Crippen LogP contribution in [-0.4, -0.2) is 27.9 Å². The number of carbonyl (C=O) groups is 2. The highest BCUT2D eigenvalue weighted by Crippen LogP contribution is 2.27. The van der Waals surface area contributed by atoms with Crippen LogP contribution in [0.5, 0.6) is 0 Å². The SMILES string of the molecule is CC/C=C/C(=O)OC(C)C(=O)Nc1nc(-c2cccc([N+](=O)[O-])c2)cs1. The monoisotopic (exact) mass is 375 g/mol. The predicted octanol–water partition coefficient (Wildman–Crippen LogP) is 3.55. The fourth-order valence-corrected chi connectivity index (χ4v) is 2.65. The number of benzene rings is 1. The van der Waals surface area contributed by atoms with Crippen molar-refractivity contribution in [2.75, 3.05) is 5.32 Å². The number of rotatable bonds is 7. The third kappa shape index (κ3) is 5.21. The van der Waals surface area contributed by atoms with Gasteiger partial charge in [-0.15, -0.1) is 11.3 Å². The molecule has 136 valence electrons. The van der Waals surface area contributed by atoms with Crippen molar-refractivity contribution in [3.63, 3.8) is 0 Å². The Hall–Kier alpha value is -3.07. The Morgan fingerprint density at radius 1 is 1.46 bits per heavy atom. The minimum Gasteiger partial charge on any atom is -0.449 e. The van der Waals surface area contributed by atoms with Gasteiger partial charge in [-0.1, -0.05) is 25.1 Å². The van der Waals surface area contributed by atoms with Crippen molar-refractivity contribution in [2.24, 2.45) is 0 Å². The van der Waals surface area contributed by atoms with Crippen LogP contribution in [0.15, 0.2) is 41.8 Å². The summed E-state index contributed by atoms with van der Waals surface area (Å²) in [5, 5.41) is 15.4. The zero-order valence-electron chi connectivity index (χ0n) is 14.2. The Kier molecular flexibility index (Phi) is 6.56. The van der Waals surface area contributed by atoms with Gasteiger partial charge < -0.3 is 4.74 Å². The smallest absolute Gasteiger partial charge is 0.331 e. The van der Waals surface area contributed by atoms with Crippen LogP contribution in [0.4, 0.5) is 10.8 Å². The number of ether oxygens (including phenoxy) is 1. The summed E-state index contributed by atoms with van der Waals surface area (Å²) in [6, 6.07) is 6.06. The number of hydrogen-bond donors (Lipinski definition) is 1. The first-order valence-corrected chi connectivity index (χ1v) is 8.67. The quantitative estimate of drug-likeness (QED) is 0.343. The average Bonchev–Trinajstić information content (AvgIpc) is 3.08.